The zero-order chi connectivity index (χ0) is 19.2. The highest BCUT2D eigenvalue weighted by atomic mass is 19.4. The van der Waals surface area contributed by atoms with Gasteiger partial charge in [0.2, 0.25) is 6.10 Å². The van der Waals surface area contributed by atoms with Gasteiger partial charge in [-0.2, -0.15) is 26.3 Å². The number of rotatable bonds is 3. The van der Waals surface area contributed by atoms with Crippen molar-refractivity contribution in [2.45, 2.75) is 31.0 Å². The van der Waals surface area contributed by atoms with Crippen molar-refractivity contribution in [2.75, 3.05) is 0 Å². The number of nitrogens with zero attached hydrogens (tertiary/aromatic N) is 1. The predicted molar refractivity (Wildman–Crippen MR) is 70.7 cm³/mol. The summed E-state index contributed by atoms with van der Waals surface area (Å²) < 4.78 is 76.9. The van der Waals surface area contributed by atoms with Crippen LogP contribution in [0.2, 0.25) is 0 Å². The molecule has 1 aliphatic rings. The van der Waals surface area contributed by atoms with E-state index in [1.807, 2.05) is 0 Å². The molecule has 0 fully saturated rings. The Hall–Kier alpha value is -2.30. The molecule has 2 atom stereocenters. The standard InChI is InChI=1S/C14H11F6NO4/c1-6-9(21-25-10(6)11(22)23)7-2-4-8(5-3-7)12(24,13(15,16)17)14(18,19)20/h2-6,10,24H,1H3,(H,22,23). The van der Waals surface area contributed by atoms with E-state index in [1.54, 1.807) is 0 Å². The van der Waals surface area contributed by atoms with E-state index < -0.39 is 41.5 Å². The first-order chi connectivity index (χ1) is 11.3. The molecule has 0 aromatic heterocycles. The summed E-state index contributed by atoms with van der Waals surface area (Å²) in [7, 11) is 0. The lowest BCUT2D eigenvalue weighted by atomic mass is 9.89. The van der Waals surface area contributed by atoms with Crippen LogP contribution in [0.15, 0.2) is 29.4 Å². The Labute approximate surface area is 136 Å². The minimum Gasteiger partial charge on any atom is -0.478 e. The lowest BCUT2D eigenvalue weighted by Crippen LogP contribution is -2.53. The summed E-state index contributed by atoms with van der Waals surface area (Å²) in [6.45, 7) is 1.43. The number of hydrogen-bond donors (Lipinski definition) is 2. The Morgan fingerprint density at radius 2 is 1.56 bits per heavy atom. The van der Waals surface area contributed by atoms with Crippen molar-refractivity contribution in [1.29, 1.82) is 0 Å². The summed E-state index contributed by atoms with van der Waals surface area (Å²) in [6, 6.07) is 2.67. The lowest BCUT2D eigenvalue weighted by Gasteiger charge is -2.32. The van der Waals surface area contributed by atoms with Gasteiger partial charge in [-0.25, -0.2) is 4.79 Å². The molecule has 1 aromatic carbocycles. The predicted octanol–water partition coefficient (Wildman–Crippen LogP) is 2.82. The molecule has 0 saturated heterocycles. The van der Waals surface area contributed by atoms with Gasteiger partial charge < -0.3 is 15.1 Å². The van der Waals surface area contributed by atoms with Crippen LogP contribution in [0.5, 0.6) is 0 Å². The van der Waals surface area contributed by atoms with Gasteiger partial charge in [-0.3, -0.25) is 0 Å². The van der Waals surface area contributed by atoms with Crippen LogP contribution in [-0.2, 0) is 15.2 Å². The number of carboxylic acid groups (broad SMARTS) is 1. The van der Waals surface area contributed by atoms with Crippen LogP contribution in [0, 0.1) is 5.92 Å². The Morgan fingerprint density at radius 1 is 1.08 bits per heavy atom. The van der Waals surface area contributed by atoms with Crippen LogP contribution in [-0.4, -0.2) is 40.4 Å². The molecular formula is C14H11F6NO4. The van der Waals surface area contributed by atoms with Crippen molar-refractivity contribution in [3.8, 4) is 0 Å². The second-order valence-electron chi connectivity index (χ2n) is 5.41. The Morgan fingerprint density at radius 3 is 1.92 bits per heavy atom. The van der Waals surface area contributed by atoms with Gasteiger partial charge in [0, 0.05) is 5.56 Å². The molecule has 1 heterocycles. The highest BCUT2D eigenvalue weighted by Gasteiger charge is 2.71. The highest BCUT2D eigenvalue weighted by Crippen LogP contribution is 2.50. The number of hydrogen-bond acceptors (Lipinski definition) is 4. The SMILES string of the molecule is CC1C(c2ccc(C(O)(C(F)(F)F)C(F)(F)F)cc2)=NOC1C(=O)O. The van der Waals surface area contributed by atoms with Crippen molar-refractivity contribution in [3.63, 3.8) is 0 Å². The maximum Gasteiger partial charge on any atom is 0.430 e. The molecule has 0 saturated carbocycles. The molecule has 11 heteroatoms. The maximum absolute atomic E-state index is 12.8. The van der Waals surface area contributed by atoms with E-state index in [2.05, 4.69) is 9.99 Å². The Kier molecular flexibility index (Phi) is 4.49. The number of carbonyl (C=O) groups is 1. The lowest BCUT2D eigenvalue weighted by molar-refractivity contribution is -0.376. The third kappa shape index (κ3) is 3.03. The van der Waals surface area contributed by atoms with Gasteiger partial charge in [0.1, 0.15) is 0 Å². The highest BCUT2D eigenvalue weighted by molar-refractivity contribution is 6.05. The molecule has 25 heavy (non-hydrogen) atoms. The molecule has 2 N–H and O–H groups in total. The molecule has 2 unspecified atom stereocenters. The number of alkyl halides is 6. The summed E-state index contributed by atoms with van der Waals surface area (Å²) in [5.41, 5.74) is -6.31. The average molecular weight is 371 g/mol. The smallest absolute Gasteiger partial charge is 0.430 e. The molecule has 0 spiro atoms. The molecule has 0 radical (unpaired) electrons. The maximum atomic E-state index is 12.8. The first-order valence-electron chi connectivity index (χ1n) is 6.74. The molecule has 2 rings (SSSR count). The summed E-state index contributed by atoms with van der Waals surface area (Å²) in [5.74, 6) is -2.08. The fourth-order valence-corrected chi connectivity index (χ4v) is 2.38. The van der Waals surface area contributed by atoms with Crippen LogP contribution in [0.3, 0.4) is 0 Å². The van der Waals surface area contributed by atoms with Crippen molar-refractivity contribution >= 4 is 11.7 Å². The number of aliphatic carboxylic acids is 1. The second-order valence-corrected chi connectivity index (χ2v) is 5.41. The van der Waals surface area contributed by atoms with Crippen LogP contribution in [0.25, 0.3) is 0 Å². The first kappa shape index (κ1) is 19.0. The minimum absolute atomic E-state index is 0.0570. The quantitative estimate of drug-likeness (QED) is 0.801. The van der Waals surface area contributed by atoms with E-state index in [0.29, 0.717) is 12.1 Å². The van der Waals surface area contributed by atoms with Gasteiger partial charge in [0.25, 0.3) is 5.60 Å². The molecule has 0 aliphatic carbocycles. The number of aliphatic hydroxyl groups is 1. The van der Waals surface area contributed by atoms with E-state index >= 15 is 0 Å². The monoisotopic (exact) mass is 371 g/mol. The fourth-order valence-electron chi connectivity index (χ4n) is 2.38. The summed E-state index contributed by atoms with van der Waals surface area (Å²) in [4.78, 5) is 15.6. The number of carboxylic acids is 1. The molecule has 1 aliphatic heterocycles. The van der Waals surface area contributed by atoms with Crippen molar-refractivity contribution in [1.82, 2.24) is 0 Å². The number of halogens is 6. The Balaban J connectivity index is 2.39. The van der Waals surface area contributed by atoms with Gasteiger partial charge in [0.05, 0.1) is 11.6 Å². The van der Waals surface area contributed by atoms with Gasteiger partial charge in [-0.15, -0.1) is 0 Å². The molecule has 0 bridgehead atoms. The van der Waals surface area contributed by atoms with Crippen LogP contribution in [0.1, 0.15) is 18.1 Å². The zero-order valence-corrected chi connectivity index (χ0v) is 12.4. The largest absolute Gasteiger partial charge is 0.478 e. The topological polar surface area (TPSA) is 79.1 Å². The number of oxime groups is 1. The van der Waals surface area contributed by atoms with E-state index in [9.17, 15) is 36.2 Å². The Bertz CT molecular complexity index is 681. The summed E-state index contributed by atoms with van der Waals surface area (Å²) in [6.07, 6.45) is -13.3. The van der Waals surface area contributed by atoms with Crippen molar-refractivity contribution < 1.29 is 46.2 Å². The second kappa shape index (κ2) is 5.90. The zero-order valence-electron chi connectivity index (χ0n) is 12.4. The van der Waals surface area contributed by atoms with Gasteiger partial charge in [-0.1, -0.05) is 36.3 Å². The van der Waals surface area contributed by atoms with Crippen LogP contribution < -0.4 is 0 Å². The molecule has 138 valence electrons. The van der Waals surface area contributed by atoms with Crippen molar-refractivity contribution in [3.05, 3.63) is 35.4 Å². The van der Waals surface area contributed by atoms with E-state index in [0.717, 1.165) is 12.1 Å². The number of benzene rings is 1. The third-order valence-electron chi connectivity index (χ3n) is 3.81. The summed E-state index contributed by atoms with van der Waals surface area (Å²) >= 11 is 0. The van der Waals surface area contributed by atoms with Gasteiger partial charge in [-0.05, 0) is 5.56 Å². The van der Waals surface area contributed by atoms with E-state index in [-0.39, 0.29) is 11.3 Å². The molecule has 0 amide bonds. The molecule has 1 aromatic rings. The van der Waals surface area contributed by atoms with E-state index in [1.165, 1.54) is 6.92 Å². The summed E-state index contributed by atoms with van der Waals surface area (Å²) in [5, 5.41) is 21.7. The molecular weight excluding hydrogens is 360 g/mol. The van der Waals surface area contributed by atoms with Gasteiger partial charge >= 0.3 is 18.3 Å². The molecule has 5 nitrogen and oxygen atoms in total. The van der Waals surface area contributed by atoms with Crippen LogP contribution >= 0.6 is 0 Å². The normalized spacial score (nSPS) is 21.7. The van der Waals surface area contributed by atoms with Gasteiger partial charge in [0.15, 0.2) is 0 Å². The van der Waals surface area contributed by atoms with E-state index in [4.69, 9.17) is 5.11 Å². The fraction of sp³-hybridized carbons (Fsp3) is 0.429. The average Bonchev–Trinajstić information content (AvgIpc) is 2.86. The third-order valence-corrected chi connectivity index (χ3v) is 3.81. The van der Waals surface area contributed by atoms with Crippen LogP contribution in [0.4, 0.5) is 26.3 Å². The van der Waals surface area contributed by atoms with Crippen molar-refractivity contribution in [2.24, 2.45) is 11.1 Å². The minimum atomic E-state index is -5.98. The first-order valence-corrected chi connectivity index (χ1v) is 6.74.